The molecule has 4 heterocycles. The Balaban J connectivity index is 1.38. The summed E-state index contributed by atoms with van der Waals surface area (Å²) in [6.45, 7) is 1.63. The van der Waals surface area contributed by atoms with E-state index in [2.05, 4.69) is 19.5 Å². The molecule has 1 fully saturated rings. The molecule has 12 heteroatoms. The van der Waals surface area contributed by atoms with Crippen molar-refractivity contribution in [2.24, 2.45) is 0 Å². The monoisotopic (exact) mass is 508 g/mol. The molecule has 5 rings (SSSR count). The molecule has 0 aliphatic carbocycles. The molecule has 35 heavy (non-hydrogen) atoms. The number of anilines is 1. The van der Waals surface area contributed by atoms with Crippen molar-refractivity contribution in [1.29, 1.82) is 0 Å². The number of nitrogens with zero attached hydrogens (tertiary/aromatic N) is 4. The average molecular weight is 509 g/mol. The summed E-state index contributed by atoms with van der Waals surface area (Å²) in [6.07, 6.45) is -0.292. The van der Waals surface area contributed by atoms with Crippen LogP contribution in [0, 0.1) is 0 Å². The number of aromatic nitrogens is 2. The number of halogens is 3. The maximum atomic E-state index is 13.4. The highest BCUT2D eigenvalue weighted by Gasteiger charge is 2.39. The molecule has 2 aliphatic rings. The maximum Gasteiger partial charge on any atom is 0.535 e. The number of fused-ring (bicyclic) bond motifs is 2. The molecule has 0 radical (unpaired) electrons. The standard InChI is InChI=1S/C23H23ClF2N4O5/c1-28(17-6-5-7-18-16(17)13-33-23(25,26)35-18)19(31)12-30-22(32)15-10-14(34-20(15)21(24)27-30)11-29-8-3-2-4-9-29/h5-7,10H,2-4,8-9,11-13H2,1H3. The molecule has 1 amide bonds. The van der Waals surface area contributed by atoms with E-state index in [1.54, 1.807) is 12.1 Å². The highest BCUT2D eigenvalue weighted by Crippen LogP contribution is 2.38. The number of carbonyl (C=O) groups excluding carboxylic acids is 1. The molecule has 2 aromatic heterocycles. The van der Waals surface area contributed by atoms with E-state index >= 15 is 0 Å². The lowest BCUT2D eigenvalue weighted by Crippen LogP contribution is -2.37. The fraction of sp³-hybridized carbons (Fsp3) is 0.435. The summed E-state index contributed by atoms with van der Waals surface area (Å²) in [5, 5.41) is 4.27. The third-order valence-electron chi connectivity index (χ3n) is 6.21. The van der Waals surface area contributed by atoms with Gasteiger partial charge in [0.2, 0.25) is 5.91 Å². The van der Waals surface area contributed by atoms with E-state index in [-0.39, 0.29) is 21.9 Å². The van der Waals surface area contributed by atoms with Crippen molar-refractivity contribution >= 4 is 34.2 Å². The molecular weight excluding hydrogens is 486 g/mol. The normalized spacial score (nSPS) is 17.7. The van der Waals surface area contributed by atoms with E-state index < -0.39 is 30.9 Å². The lowest BCUT2D eigenvalue weighted by atomic mass is 10.1. The molecule has 1 aromatic carbocycles. The SMILES string of the molecule is CN(C(=O)Cn1nc(Cl)c2oc(CN3CCCCC3)cc2c1=O)c1cccc2c1COC(F)(F)O2. The zero-order valence-electron chi connectivity index (χ0n) is 18.9. The first-order valence-electron chi connectivity index (χ1n) is 11.2. The zero-order valence-corrected chi connectivity index (χ0v) is 19.7. The second-order valence-electron chi connectivity index (χ2n) is 8.61. The quantitative estimate of drug-likeness (QED) is 0.518. The van der Waals surface area contributed by atoms with Crippen LogP contribution in [0.5, 0.6) is 5.75 Å². The molecule has 1 saturated heterocycles. The maximum absolute atomic E-state index is 13.4. The first-order valence-corrected chi connectivity index (χ1v) is 11.6. The Hall–Kier alpha value is -3.02. The molecule has 0 bridgehead atoms. The van der Waals surface area contributed by atoms with Crippen LogP contribution in [0.25, 0.3) is 11.0 Å². The van der Waals surface area contributed by atoms with Gasteiger partial charge in [-0.2, -0.15) is 5.10 Å². The number of hydrogen-bond donors (Lipinski definition) is 0. The van der Waals surface area contributed by atoms with Crippen molar-refractivity contribution < 1.29 is 27.5 Å². The van der Waals surface area contributed by atoms with E-state index in [4.69, 9.17) is 16.0 Å². The number of amides is 1. The fourth-order valence-corrected chi connectivity index (χ4v) is 4.64. The van der Waals surface area contributed by atoms with Crippen LogP contribution in [0.4, 0.5) is 14.5 Å². The van der Waals surface area contributed by atoms with Crippen molar-refractivity contribution in [1.82, 2.24) is 14.7 Å². The van der Waals surface area contributed by atoms with Crippen LogP contribution in [0.3, 0.4) is 0 Å². The summed E-state index contributed by atoms with van der Waals surface area (Å²) in [5.74, 6) is 0.00665. The molecule has 0 unspecified atom stereocenters. The van der Waals surface area contributed by atoms with E-state index in [9.17, 15) is 18.4 Å². The molecule has 2 aliphatic heterocycles. The van der Waals surface area contributed by atoms with Gasteiger partial charge in [0.15, 0.2) is 10.7 Å². The number of furan rings is 1. The number of alkyl halides is 2. The van der Waals surface area contributed by atoms with Gasteiger partial charge in [-0.3, -0.25) is 19.2 Å². The average Bonchev–Trinajstić information content (AvgIpc) is 3.26. The third-order valence-corrected chi connectivity index (χ3v) is 6.46. The van der Waals surface area contributed by atoms with Gasteiger partial charge >= 0.3 is 6.29 Å². The van der Waals surface area contributed by atoms with Crippen LogP contribution in [0.2, 0.25) is 5.15 Å². The Bertz CT molecular complexity index is 1340. The minimum Gasteiger partial charge on any atom is -0.456 e. The van der Waals surface area contributed by atoms with E-state index in [0.717, 1.165) is 30.6 Å². The lowest BCUT2D eigenvalue weighted by Gasteiger charge is -2.28. The van der Waals surface area contributed by atoms with Gasteiger partial charge in [-0.25, -0.2) is 4.68 Å². The highest BCUT2D eigenvalue weighted by atomic mass is 35.5. The van der Waals surface area contributed by atoms with E-state index in [1.807, 2.05) is 0 Å². The first kappa shape index (κ1) is 23.7. The topological polar surface area (TPSA) is 90.0 Å². The summed E-state index contributed by atoms with van der Waals surface area (Å²) < 4.78 is 42.6. The minimum absolute atomic E-state index is 0.0268. The van der Waals surface area contributed by atoms with Crippen LogP contribution < -0.4 is 15.2 Å². The van der Waals surface area contributed by atoms with Gasteiger partial charge in [0.1, 0.15) is 18.1 Å². The number of piperidine rings is 1. The summed E-state index contributed by atoms with van der Waals surface area (Å²) in [6, 6.07) is 6.07. The van der Waals surface area contributed by atoms with Crippen LogP contribution in [0.15, 0.2) is 33.5 Å². The van der Waals surface area contributed by atoms with Gasteiger partial charge < -0.3 is 14.1 Å². The van der Waals surface area contributed by atoms with Crippen LogP contribution in [0.1, 0.15) is 30.6 Å². The van der Waals surface area contributed by atoms with E-state index in [1.165, 1.54) is 30.5 Å². The summed E-state index contributed by atoms with van der Waals surface area (Å²) in [7, 11) is 1.46. The van der Waals surface area contributed by atoms with Crippen molar-refractivity contribution in [3.63, 3.8) is 0 Å². The van der Waals surface area contributed by atoms with Crippen LogP contribution in [-0.2, 0) is 29.2 Å². The Morgan fingerprint density at radius 2 is 2.03 bits per heavy atom. The minimum atomic E-state index is -3.74. The summed E-state index contributed by atoms with van der Waals surface area (Å²) in [4.78, 5) is 29.6. The predicted molar refractivity (Wildman–Crippen MR) is 123 cm³/mol. The number of carbonyl (C=O) groups is 1. The lowest BCUT2D eigenvalue weighted by molar-refractivity contribution is -0.367. The van der Waals surface area contributed by atoms with Gasteiger partial charge in [0.25, 0.3) is 5.56 Å². The molecule has 3 aromatic rings. The van der Waals surface area contributed by atoms with Gasteiger partial charge in [0, 0.05) is 12.6 Å². The number of rotatable bonds is 5. The summed E-state index contributed by atoms with van der Waals surface area (Å²) in [5.41, 5.74) is 0.282. The van der Waals surface area contributed by atoms with Gasteiger partial charge in [-0.15, -0.1) is 8.78 Å². The number of hydrogen-bond acceptors (Lipinski definition) is 7. The van der Waals surface area contributed by atoms with Crippen molar-refractivity contribution in [3.05, 3.63) is 51.1 Å². The number of benzene rings is 1. The third kappa shape index (κ3) is 4.75. The van der Waals surface area contributed by atoms with Crippen LogP contribution in [-0.4, -0.2) is 47.0 Å². The molecule has 0 spiro atoms. The molecule has 0 saturated carbocycles. The smallest absolute Gasteiger partial charge is 0.456 e. The predicted octanol–water partition coefficient (Wildman–Crippen LogP) is 3.75. The van der Waals surface area contributed by atoms with Crippen LogP contribution >= 0.6 is 11.6 Å². The largest absolute Gasteiger partial charge is 0.535 e. The van der Waals surface area contributed by atoms with Crippen molar-refractivity contribution in [2.75, 3.05) is 25.0 Å². The second kappa shape index (κ2) is 9.21. The Labute approximate surface area is 203 Å². The molecule has 0 N–H and O–H groups in total. The van der Waals surface area contributed by atoms with Gasteiger partial charge in [0.05, 0.1) is 24.2 Å². The molecule has 186 valence electrons. The zero-order chi connectivity index (χ0) is 24.7. The fourth-order valence-electron chi connectivity index (χ4n) is 4.40. The summed E-state index contributed by atoms with van der Waals surface area (Å²) >= 11 is 6.28. The van der Waals surface area contributed by atoms with Crippen molar-refractivity contribution in [3.8, 4) is 5.75 Å². The van der Waals surface area contributed by atoms with Gasteiger partial charge in [-0.1, -0.05) is 24.1 Å². The van der Waals surface area contributed by atoms with E-state index in [0.29, 0.717) is 23.6 Å². The Morgan fingerprint density at radius 3 is 2.80 bits per heavy atom. The second-order valence-corrected chi connectivity index (χ2v) is 8.96. The highest BCUT2D eigenvalue weighted by molar-refractivity contribution is 6.33. The molecule has 9 nitrogen and oxygen atoms in total. The van der Waals surface area contributed by atoms with Crippen molar-refractivity contribution in [2.45, 2.75) is 45.3 Å². The van der Waals surface area contributed by atoms with Gasteiger partial charge in [-0.05, 0) is 44.1 Å². The Kier molecular flexibility index (Phi) is 6.24. The molecular formula is C23H23ClF2N4O5. The molecule has 0 atom stereocenters. The first-order chi connectivity index (χ1) is 16.7. The number of likely N-dealkylation sites (N-methyl/N-ethyl adjacent to an activating group) is 1. The number of ether oxygens (including phenoxy) is 2. The number of likely N-dealkylation sites (tertiary alicyclic amines) is 1. The Morgan fingerprint density at radius 1 is 1.26 bits per heavy atom.